The minimum Gasteiger partial charge on any atom is -0.198 e. The Bertz CT molecular complexity index is 81.0. The Morgan fingerprint density at radius 2 is 2.38 bits per heavy atom. The Hall–Kier alpha value is -0.160. The van der Waals surface area contributed by atoms with Gasteiger partial charge in [-0.15, -0.1) is 0 Å². The van der Waals surface area contributed by atoms with Crippen LogP contribution in [-0.4, -0.2) is 11.5 Å². The molecule has 0 amide bonds. The lowest BCUT2D eigenvalue weighted by Gasteiger charge is -2.03. The SMILES string of the molecule is CCC(CC#N)SC. The number of hydrogen-bond donors (Lipinski definition) is 0. The van der Waals surface area contributed by atoms with Gasteiger partial charge in [-0.2, -0.15) is 17.0 Å². The maximum Gasteiger partial charge on any atom is 0.0633 e. The van der Waals surface area contributed by atoms with Crippen LogP contribution in [0.5, 0.6) is 0 Å². The monoisotopic (exact) mass is 129 g/mol. The zero-order valence-electron chi connectivity index (χ0n) is 5.35. The average molecular weight is 129 g/mol. The van der Waals surface area contributed by atoms with Gasteiger partial charge in [-0.1, -0.05) is 6.92 Å². The largest absolute Gasteiger partial charge is 0.198 e. The van der Waals surface area contributed by atoms with Gasteiger partial charge in [0.15, 0.2) is 0 Å². The third-order valence-corrected chi connectivity index (χ3v) is 2.27. The summed E-state index contributed by atoms with van der Waals surface area (Å²) in [6.45, 7) is 2.11. The molecule has 8 heavy (non-hydrogen) atoms. The van der Waals surface area contributed by atoms with Gasteiger partial charge in [0.25, 0.3) is 0 Å². The summed E-state index contributed by atoms with van der Waals surface area (Å²) in [6.07, 6.45) is 3.85. The highest BCUT2D eigenvalue weighted by atomic mass is 32.2. The molecule has 0 saturated heterocycles. The number of rotatable bonds is 3. The fourth-order valence-corrected chi connectivity index (χ4v) is 1.07. The van der Waals surface area contributed by atoms with Crippen LogP contribution in [0.1, 0.15) is 19.8 Å². The van der Waals surface area contributed by atoms with Crippen LogP contribution in [-0.2, 0) is 0 Å². The molecule has 0 aromatic rings. The molecule has 1 nitrogen and oxygen atoms in total. The summed E-state index contributed by atoms with van der Waals surface area (Å²) in [7, 11) is 0. The van der Waals surface area contributed by atoms with Gasteiger partial charge in [0.1, 0.15) is 0 Å². The fraction of sp³-hybridized carbons (Fsp3) is 0.833. The number of nitrogens with zero attached hydrogens (tertiary/aromatic N) is 1. The van der Waals surface area contributed by atoms with E-state index in [0.29, 0.717) is 11.7 Å². The van der Waals surface area contributed by atoms with Crippen LogP contribution < -0.4 is 0 Å². The zero-order chi connectivity index (χ0) is 6.41. The molecule has 2 heteroatoms. The fourth-order valence-electron chi connectivity index (χ4n) is 0.496. The van der Waals surface area contributed by atoms with Crippen molar-refractivity contribution in [2.45, 2.75) is 25.0 Å². The van der Waals surface area contributed by atoms with Gasteiger partial charge in [0.2, 0.25) is 0 Å². The molecule has 0 N–H and O–H groups in total. The summed E-state index contributed by atoms with van der Waals surface area (Å²) in [4.78, 5) is 0. The highest BCUT2D eigenvalue weighted by Crippen LogP contribution is 2.12. The molecular weight excluding hydrogens is 118 g/mol. The third-order valence-electron chi connectivity index (χ3n) is 1.11. The molecule has 0 rings (SSSR count). The molecule has 0 aliphatic heterocycles. The van der Waals surface area contributed by atoms with Crippen LogP contribution in [0, 0.1) is 11.3 Å². The van der Waals surface area contributed by atoms with E-state index in [1.165, 1.54) is 0 Å². The first kappa shape index (κ1) is 7.84. The van der Waals surface area contributed by atoms with Gasteiger partial charge in [-0.25, -0.2) is 0 Å². The van der Waals surface area contributed by atoms with Crippen LogP contribution in [0.15, 0.2) is 0 Å². The summed E-state index contributed by atoms with van der Waals surface area (Å²) in [5, 5.41) is 8.79. The van der Waals surface area contributed by atoms with Crippen molar-refractivity contribution in [3.05, 3.63) is 0 Å². The predicted octanol–water partition coefficient (Wildman–Crippen LogP) is 2.04. The Morgan fingerprint density at radius 1 is 1.75 bits per heavy atom. The highest BCUT2D eigenvalue weighted by Gasteiger charge is 1.99. The molecule has 0 heterocycles. The molecule has 0 radical (unpaired) electrons. The van der Waals surface area contributed by atoms with E-state index in [1.54, 1.807) is 11.8 Å². The average Bonchev–Trinajstić information content (AvgIpc) is 1.83. The van der Waals surface area contributed by atoms with Crippen molar-refractivity contribution in [3.63, 3.8) is 0 Å². The summed E-state index contributed by atoms with van der Waals surface area (Å²) in [5.74, 6) is 0. The van der Waals surface area contributed by atoms with Gasteiger partial charge in [-0.05, 0) is 12.7 Å². The zero-order valence-corrected chi connectivity index (χ0v) is 6.16. The summed E-state index contributed by atoms with van der Waals surface area (Å²) >= 11 is 1.77. The first-order valence-electron chi connectivity index (χ1n) is 2.74. The molecule has 0 fully saturated rings. The van der Waals surface area contributed by atoms with E-state index in [9.17, 15) is 0 Å². The van der Waals surface area contributed by atoms with Crippen LogP contribution >= 0.6 is 11.8 Å². The first-order chi connectivity index (χ1) is 3.85. The number of nitriles is 1. The predicted molar refractivity (Wildman–Crippen MR) is 37.8 cm³/mol. The van der Waals surface area contributed by atoms with E-state index in [1.807, 2.05) is 6.26 Å². The first-order valence-corrected chi connectivity index (χ1v) is 4.03. The van der Waals surface area contributed by atoms with Gasteiger partial charge < -0.3 is 0 Å². The molecule has 0 spiro atoms. The molecule has 0 aromatic carbocycles. The minimum absolute atomic E-state index is 0.556. The maximum atomic E-state index is 8.24. The molecule has 0 aromatic heterocycles. The second-order valence-corrected chi connectivity index (χ2v) is 2.77. The molecule has 0 aliphatic rings. The molecule has 0 saturated carbocycles. The molecule has 46 valence electrons. The number of thioether (sulfide) groups is 1. The summed E-state index contributed by atoms with van der Waals surface area (Å²) in [6, 6.07) is 2.15. The van der Waals surface area contributed by atoms with Crippen LogP contribution in [0.25, 0.3) is 0 Å². The summed E-state index contributed by atoms with van der Waals surface area (Å²) in [5.41, 5.74) is 0. The lowest BCUT2D eigenvalue weighted by Crippen LogP contribution is -1.96. The number of hydrogen-bond acceptors (Lipinski definition) is 2. The summed E-state index contributed by atoms with van der Waals surface area (Å²) < 4.78 is 0. The van der Waals surface area contributed by atoms with Crippen molar-refractivity contribution in [3.8, 4) is 6.07 Å². The molecule has 0 bridgehead atoms. The van der Waals surface area contributed by atoms with Gasteiger partial charge in [-0.3, -0.25) is 0 Å². The lowest BCUT2D eigenvalue weighted by molar-refractivity contribution is 0.845. The second-order valence-electron chi connectivity index (χ2n) is 1.63. The normalized spacial score (nSPS) is 12.6. The Morgan fingerprint density at radius 3 is 2.50 bits per heavy atom. The van der Waals surface area contributed by atoms with E-state index in [4.69, 9.17) is 5.26 Å². The lowest BCUT2D eigenvalue weighted by atomic mass is 10.3. The van der Waals surface area contributed by atoms with E-state index < -0.39 is 0 Å². The van der Waals surface area contributed by atoms with Crippen molar-refractivity contribution in [2.75, 3.05) is 6.26 Å². The topological polar surface area (TPSA) is 23.8 Å². The smallest absolute Gasteiger partial charge is 0.0633 e. The van der Waals surface area contributed by atoms with Crippen LogP contribution in [0.3, 0.4) is 0 Å². The minimum atomic E-state index is 0.556. The Kier molecular flexibility index (Phi) is 4.89. The molecule has 1 unspecified atom stereocenters. The van der Waals surface area contributed by atoms with Crippen molar-refractivity contribution >= 4 is 11.8 Å². The Balaban J connectivity index is 3.25. The Labute approximate surface area is 55.1 Å². The van der Waals surface area contributed by atoms with Gasteiger partial charge >= 0.3 is 0 Å². The standard InChI is InChI=1S/C6H11NS/c1-3-6(8-2)4-5-7/h6H,3-4H2,1-2H3. The van der Waals surface area contributed by atoms with Crippen LogP contribution in [0.2, 0.25) is 0 Å². The van der Waals surface area contributed by atoms with E-state index in [-0.39, 0.29) is 0 Å². The van der Waals surface area contributed by atoms with Crippen molar-refractivity contribution in [2.24, 2.45) is 0 Å². The van der Waals surface area contributed by atoms with Crippen molar-refractivity contribution in [1.29, 1.82) is 5.26 Å². The van der Waals surface area contributed by atoms with Gasteiger partial charge in [0, 0.05) is 11.7 Å². The van der Waals surface area contributed by atoms with E-state index in [2.05, 4.69) is 13.0 Å². The highest BCUT2D eigenvalue weighted by molar-refractivity contribution is 7.99. The molecular formula is C6H11NS. The quantitative estimate of drug-likeness (QED) is 0.582. The van der Waals surface area contributed by atoms with Crippen LogP contribution in [0.4, 0.5) is 0 Å². The van der Waals surface area contributed by atoms with E-state index >= 15 is 0 Å². The van der Waals surface area contributed by atoms with E-state index in [0.717, 1.165) is 6.42 Å². The second kappa shape index (κ2) is 4.99. The maximum absolute atomic E-state index is 8.24. The third kappa shape index (κ3) is 2.92. The van der Waals surface area contributed by atoms with Crippen molar-refractivity contribution in [1.82, 2.24) is 0 Å². The molecule has 1 atom stereocenters. The molecule has 0 aliphatic carbocycles. The van der Waals surface area contributed by atoms with Crippen molar-refractivity contribution < 1.29 is 0 Å². The van der Waals surface area contributed by atoms with Gasteiger partial charge in [0.05, 0.1) is 6.07 Å².